The van der Waals surface area contributed by atoms with Crippen LogP contribution in [-0.4, -0.2) is 11.1 Å². The van der Waals surface area contributed by atoms with E-state index in [1.165, 1.54) is 11.3 Å². The van der Waals surface area contributed by atoms with Crippen molar-refractivity contribution in [2.45, 2.75) is 0 Å². The number of benzene rings is 2. The predicted octanol–water partition coefficient (Wildman–Crippen LogP) is 5.03. The van der Waals surface area contributed by atoms with Crippen LogP contribution in [0.25, 0.3) is 21.2 Å². The first-order valence-electron chi connectivity index (χ1n) is 5.67. The molecule has 2 nitrogen and oxygen atoms in total. The van der Waals surface area contributed by atoms with Crippen molar-refractivity contribution >= 4 is 44.0 Å². The maximum Gasteiger partial charge on any atom is 0.345 e. The molecule has 1 aromatic heterocycles. The van der Waals surface area contributed by atoms with Gasteiger partial charge in [0.1, 0.15) is 4.88 Å². The lowest BCUT2D eigenvalue weighted by Gasteiger charge is -2.06. The molecule has 0 unspecified atom stereocenters. The number of halogens is 1. The van der Waals surface area contributed by atoms with Crippen molar-refractivity contribution < 1.29 is 9.90 Å². The molecule has 3 rings (SSSR count). The van der Waals surface area contributed by atoms with E-state index in [0.717, 1.165) is 25.7 Å². The smallest absolute Gasteiger partial charge is 0.345 e. The molecule has 94 valence electrons. The summed E-state index contributed by atoms with van der Waals surface area (Å²) in [6.07, 6.45) is 0. The monoisotopic (exact) mass is 332 g/mol. The second kappa shape index (κ2) is 4.79. The van der Waals surface area contributed by atoms with E-state index in [0.29, 0.717) is 4.88 Å². The van der Waals surface area contributed by atoms with Gasteiger partial charge in [-0.3, -0.25) is 0 Å². The summed E-state index contributed by atoms with van der Waals surface area (Å²) in [7, 11) is 0. The predicted molar refractivity (Wildman–Crippen MR) is 81.9 cm³/mol. The molecule has 0 aliphatic rings. The fourth-order valence-corrected chi connectivity index (χ4v) is 3.44. The molecule has 0 spiro atoms. The summed E-state index contributed by atoms with van der Waals surface area (Å²) in [5.41, 5.74) is 1.07. The zero-order valence-corrected chi connectivity index (χ0v) is 12.2. The maximum absolute atomic E-state index is 11.0. The molecule has 19 heavy (non-hydrogen) atoms. The Bertz CT molecular complexity index is 777. The topological polar surface area (TPSA) is 37.3 Å². The van der Waals surface area contributed by atoms with Crippen LogP contribution in [0.15, 0.2) is 53.0 Å². The molecular weight excluding hydrogens is 324 g/mol. The third kappa shape index (κ3) is 2.17. The van der Waals surface area contributed by atoms with Crippen molar-refractivity contribution in [3.63, 3.8) is 0 Å². The fourth-order valence-electron chi connectivity index (χ4n) is 2.07. The lowest BCUT2D eigenvalue weighted by Crippen LogP contribution is -1.89. The van der Waals surface area contributed by atoms with Crippen molar-refractivity contribution in [2.24, 2.45) is 0 Å². The van der Waals surface area contributed by atoms with Gasteiger partial charge < -0.3 is 5.11 Å². The van der Waals surface area contributed by atoms with Crippen molar-refractivity contribution in [1.82, 2.24) is 0 Å². The third-order valence-electron chi connectivity index (χ3n) is 2.95. The quantitative estimate of drug-likeness (QED) is 0.714. The lowest BCUT2D eigenvalue weighted by molar-refractivity contribution is 0.0702. The molecule has 0 amide bonds. The molecule has 0 saturated carbocycles. The van der Waals surface area contributed by atoms with Gasteiger partial charge in [0.05, 0.1) is 0 Å². The first kappa shape index (κ1) is 12.4. The molecule has 0 aliphatic heterocycles. The summed E-state index contributed by atoms with van der Waals surface area (Å²) in [5, 5.41) is 11.3. The molecule has 0 atom stereocenters. The van der Waals surface area contributed by atoms with Gasteiger partial charge in [-0.2, -0.15) is 0 Å². The molecule has 3 aromatic rings. The van der Waals surface area contributed by atoms with Gasteiger partial charge in [-0.25, -0.2) is 4.79 Å². The Morgan fingerprint density at radius 2 is 1.74 bits per heavy atom. The van der Waals surface area contributed by atoms with Crippen LogP contribution in [0.2, 0.25) is 0 Å². The van der Waals surface area contributed by atoms with Gasteiger partial charge in [0.25, 0.3) is 0 Å². The lowest BCUT2D eigenvalue weighted by atomic mass is 10.0. The van der Waals surface area contributed by atoms with Crippen molar-refractivity contribution in [2.75, 3.05) is 0 Å². The van der Waals surface area contributed by atoms with Crippen molar-refractivity contribution in [1.29, 1.82) is 0 Å². The SMILES string of the molecule is O=C(O)c1ccc(-c2ccc(Br)c3ccccc23)s1. The first-order chi connectivity index (χ1) is 9.16. The molecule has 0 aliphatic carbocycles. The zero-order valence-electron chi connectivity index (χ0n) is 9.76. The zero-order chi connectivity index (χ0) is 13.4. The van der Waals surface area contributed by atoms with Crippen LogP contribution >= 0.6 is 27.3 Å². The number of carboxylic acid groups (broad SMARTS) is 1. The highest BCUT2D eigenvalue weighted by molar-refractivity contribution is 9.10. The van der Waals surface area contributed by atoms with E-state index in [9.17, 15) is 4.79 Å². The molecular formula is C15H9BrO2S. The first-order valence-corrected chi connectivity index (χ1v) is 7.28. The van der Waals surface area contributed by atoms with E-state index >= 15 is 0 Å². The van der Waals surface area contributed by atoms with Gasteiger partial charge in [0.15, 0.2) is 0 Å². The number of rotatable bonds is 2. The van der Waals surface area contributed by atoms with Crippen LogP contribution < -0.4 is 0 Å². The van der Waals surface area contributed by atoms with E-state index in [4.69, 9.17) is 5.11 Å². The molecule has 0 radical (unpaired) electrons. The minimum atomic E-state index is -0.877. The minimum Gasteiger partial charge on any atom is -0.477 e. The standard InChI is InChI=1S/C15H9BrO2S/c16-12-6-5-11(9-3-1-2-4-10(9)12)13-7-8-14(19-13)15(17)18/h1-8H,(H,17,18). The van der Waals surface area contributed by atoms with E-state index < -0.39 is 5.97 Å². The average molecular weight is 333 g/mol. The number of carboxylic acids is 1. The van der Waals surface area contributed by atoms with Gasteiger partial charge in [-0.1, -0.05) is 46.3 Å². The summed E-state index contributed by atoms with van der Waals surface area (Å²) in [4.78, 5) is 12.3. The number of thiophene rings is 1. The fraction of sp³-hybridized carbons (Fsp3) is 0. The summed E-state index contributed by atoms with van der Waals surface area (Å²) in [6, 6.07) is 15.6. The third-order valence-corrected chi connectivity index (χ3v) is 4.75. The Morgan fingerprint density at radius 1 is 1.00 bits per heavy atom. The van der Waals surface area contributed by atoms with E-state index in [1.54, 1.807) is 6.07 Å². The van der Waals surface area contributed by atoms with Gasteiger partial charge in [-0.05, 0) is 34.5 Å². The maximum atomic E-state index is 11.0. The van der Waals surface area contributed by atoms with Crippen LogP contribution in [0.4, 0.5) is 0 Å². The van der Waals surface area contributed by atoms with Gasteiger partial charge in [0, 0.05) is 9.35 Å². The van der Waals surface area contributed by atoms with Crippen LogP contribution in [0.3, 0.4) is 0 Å². The van der Waals surface area contributed by atoms with Crippen LogP contribution in [0.1, 0.15) is 9.67 Å². The molecule has 1 heterocycles. The van der Waals surface area contributed by atoms with Gasteiger partial charge in [-0.15, -0.1) is 11.3 Å². The minimum absolute atomic E-state index is 0.363. The highest BCUT2D eigenvalue weighted by Crippen LogP contribution is 2.36. The second-order valence-electron chi connectivity index (χ2n) is 4.11. The van der Waals surface area contributed by atoms with E-state index in [2.05, 4.69) is 28.1 Å². The van der Waals surface area contributed by atoms with Crippen molar-refractivity contribution in [3.8, 4) is 10.4 Å². The molecule has 1 N–H and O–H groups in total. The molecule has 4 heteroatoms. The molecule has 0 bridgehead atoms. The van der Waals surface area contributed by atoms with E-state index in [-0.39, 0.29) is 0 Å². The molecule has 0 fully saturated rings. The van der Waals surface area contributed by atoms with E-state index in [1.807, 2.05) is 30.3 Å². The number of carbonyl (C=O) groups is 1. The van der Waals surface area contributed by atoms with Crippen LogP contribution in [-0.2, 0) is 0 Å². The number of fused-ring (bicyclic) bond motifs is 1. The average Bonchev–Trinajstić information content (AvgIpc) is 2.89. The number of hydrogen-bond acceptors (Lipinski definition) is 2. The van der Waals surface area contributed by atoms with Crippen molar-refractivity contribution in [3.05, 3.63) is 57.9 Å². The largest absolute Gasteiger partial charge is 0.477 e. The number of aromatic carboxylic acids is 1. The van der Waals surface area contributed by atoms with Crippen LogP contribution in [0.5, 0.6) is 0 Å². The highest BCUT2D eigenvalue weighted by Gasteiger charge is 2.11. The Hall–Kier alpha value is -1.65. The Morgan fingerprint density at radius 3 is 2.42 bits per heavy atom. The second-order valence-corrected chi connectivity index (χ2v) is 6.05. The summed E-state index contributed by atoms with van der Waals surface area (Å²) >= 11 is 4.84. The highest BCUT2D eigenvalue weighted by atomic mass is 79.9. The Balaban J connectivity index is 2.24. The van der Waals surface area contributed by atoms with Gasteiger partial charge >= 0.3 is 5.97 Å². The summed E-state index contributed by atoms with van der Waals surface area (Å²) in [6.45, 7) is 0. The molecule has 2 aromatic carbocycles. The Kier molecular flexibility index (Phi) is 3.12. The summed E-state index contributed by atoms with van der Waals surface area (Å²) in [5.74, 6) is -0.877. The summed E-state index contributed by atoms with van der Waals surface area (Å²) < 4.78 is 1.04. The van der Waals surface area contributed by atoms with Crippen LogP contribution in [0, 0.1) is 0 Å². The Labute approximate surface area is 122 Å². The molecule has 0 saturated heterocycles. The normalized spacial score (nSPS) is 10.8. The number of hydrogen-bond donors (Lipinski definition) is 1. The van der Waals surface area contributed by atoms with Gasteiger partial charge in [0.2, 0.25) is 0 Å².